The molecule has 0 aromatic carbocycles. The van der Waals surface area contributed by atoms with Crippen molar-refractivity contribution in [3.05, 3.63) is 106 Å². The SMILES string of the molecule is C=C(CCC)C1=C(C)C=C2C/C(=C/C3=CC=C(C4CCCCC4)C3)C(=C)C2C1C1=CC=CC1. The summed E-state index contributed by atoms with van der Waals surface area (Å²) in [7, 11) is 0. The fraction of sp³-hybridized carbons (Fsp3) is 0.455. The van der Waals surface area contributed by atoms with Gasteiger partial charge in [-0.3, -0.25) is 0 Å². The molecule has 0 heteroatoms. The highest BCUT2D eigenvalue weighted by Crippen LogP contribution is 2.54. The number of allylic oxidation sites excluding steroid dienone is 16. The molecule has 0 aliphatic heterocycles. The van der Waals surface area contributed by atoms with Crippen LogP contribution in [0.1, 0.15) is 78.1 Å². The molecular formula is C33H40. The normalized spacial score (nSPS) is 28.8. The molecule has 0 N–H and O–H groups in total. The van der Waals surface area contributed by atoms with E-state index in [1.165, 1.54) is 65.5 Å². The molecule has 0 radical (unpaired) electrons. The molecule has 0 spiro atoms. The predicted octanol–water partition coefficient (Wildman–Crippen LogP) is 9.44. The van der Waals surface area contributed by atoms with Crippen molar-refractivity contribution in [2.75, 3.05) is 0 Å². The average molecular weight is 437 g/mol. The minimum atomic E-state index is 0.405. The van der Waals surface area contributed by atoms with E-state index in [0.29, 0.717) is 11.8 Å². The van der Waals surface area contributed by atoms with E-state index in [-0.39, 0.29) is 0 Å². The molecule has 172 valence electrons. The van der Waals surface area contributed by atoms with E-state index in [2.05, 4.69) is 63.0 Å². The van der Waals surface area contributed by atoms with Gasteiger partial charge >= 0.3 is 0 Å². The van der Waals surface area contributed by atoms with Crippen LogP contribution in [0.15, 0.2) is 106 Å². The maximum absolute atomic E-state index is 4.70. The van der Waals surface area contributed by atoms with Crippen LogP contribution < -0.4 is 0 Å². The van der Waals surface area contributed by atoms with Crippen LogP contribution in [0.2, 0.25) is 0 Å². The summed E-state index contributed by atoms with van der Waals surface area (Å²) in [6.07, 6.45) is 29.2. The topological polar surface area (TPSA) is 0 Å². The van der Waals surface area contributed by atoms with Gasteiger partial charge in [0.05, 0.1) is 0 Å². The van der Waals surface area contributed by atoms with Crippen molar-refractivity contribution in [2.24, 2.45) is 17.8 Å². The molecule has 2 saturated carbocycles. The van der Waals surface area contributed by atoms with Gasteiger partial charge in [0.15, 0.2) is 0 Å². The Morgan fingerprint density at radius 3 is 2.55 bits per heavy atom. The Bertz CT molecular complexity index is 1070. The van der Waals surface area contributed by atoms with Gasteiger partial charge in [0, 0.05) is 11.8 Å². The van der Waals surface area contributed by atoms with Gasteiger partial charge in [-0.15, -0.1) is 0 Å². The molecule has 0 heterocycles. The van der Waals surface area contributed by atoms with E-state index < -0.39 is 0 Å². The fourth-order valence-corrected chi connectivity index (χ4v) is 7.01. The third-order valence-electron chi connectivity index (χ3n) is 8.59. The Balaban J connectivity index is 1.39. The Morgan fingerprint density at radius 1 is 1.00 bits per heavy atom. The lowest BCUT2D eigenvalue weighted by atomic mass is 9.68. The van der Waals surface area contributed by atoms with E-state index in [1.54, 1.807) is 16.7 Å². The first-order chi connectivity index (χ1) is 16.1. The first-order valence-corrected chi connectivity index (χ1v) is 13.3. The number of rotatable bonds is 6. The molecule has 0 nitrogen and oxygen atoms in total. The monoisotopic (exact) mass is 436 g/mol. The quantitative estimate of drug-likeness (QED) is 0.389. The summed E-state index contributed by atoms with van der Waals surface area (Å²) in [5, 5.41) is 0. The molecule has 2 fully saturated rings. The van der Waals surface area contributed by atoms with Crippen molar-refractivity contribution in [1.29, 1.82) is 0 Å². The van der Waals surface area contributed by atoms with Crippen LogP contribution in [0.4, 0.5) is 0 Å². The molecule has 2 unspecified atom stereocenters. The molecule has 5 aliphatic rings. The van der Waals surface area contributed by atoms with Gasteiger partial charge in [0.2, 0.25) is 0 Å². The maximum atomic E-state index is 4.70. The zero-order chi connectivity index (χ0) is 22.9. The Hall–Kier alpha value is -2.34. The van der Waals surface area contributed by atoms with Crippen LogP contribution in [0, 0.1) is 17.8 Å². The van der Waals surface area contributed by atoms with Gasteiger partial charge in [0.25, 0.3) is 0 Å². The second-order valence-corrected chi connectivity index (χ2v) is 10.9. The molecule has 0 saturated heterocycles. The second-order valence-electron chi connectivity index (χ2n) is 10.9. The molecular weight excluding hydrogens is 396 g/mol. The number of hydrogen-bond acceptors (Lipinski definition) is 0. The van der Waals surface area contributed by atoms with Crippen LogP contribution in [0.3, 0.4) is 0 Å². The lowest BCUT2D eigenvalue weighted by molar-refractivity contribution is 0.399. The zero-order valence-electron chi connectivity index (χ0n) is 20.8. The second kappa shape index (κ2) is 9.49. The maximum Gasteiger partial charge on any atom is 0.0166 e. The summed E-state index contributed by atoms with van der Waals surface area (Å²) in [6.45, 7) is 13.8. The number of fused-ring (bicyclic) bond motifs is 1. The van der Waals surface area contributed by atoms with Crippen molar-refractivity contribution in [2.45, 2.75) is 78.1 Å². The summed E-state index contributed by atoms with van der Waals surface area (Å²) in [5.74, 6) is 1.64. The van der Waals surface area contributed by atoms with Gasteiger partial charge in [-0.25, -0.2) is 0 Å². The van der Waals surface area contributed by atoms with Crippen molar-refractivity contribution in [3.8, 4) is 0 Å². The highest BCUT2D eigenvalue weighted by atomic mass is 14.4. The summed E-state index contributed by atoms with van der Waals surface area (Å²) < 4.78 is 0. The number of hydrogen-bond donors (Lipinski definition) is 0. The van der Waals surface area contributed by atoms with Crippen LogP contribution in [-0.4, -0.2) is 0 Å². The molecule has 2 atom stereocenters. The molecule has 0 amide bonds. The standard InChI is InChI=1S/C33H40/c1-5-11-22(2)31-23(3)18-30-21-29(24(4)32(30)33(31)27-14-9-10-15-27)20-25-16-17-28(19-25)26-12-7-6-8-13-26/h9-10,14,16-18,20,26,32-33H,2,4-8,11-13,15,19,21H2,1,3H3/b29-20-. The lowest BCUT2D eigenvalue weighted by Gasteiger charge is -2.35. The van der Waals surface area contributed by atoms with Crippen molar-refractivity contribution in [3.63, 3.8) is 0 Å². The first-order valence-electron chi connectivity index (χ1n) is 13.3. The minimum absolute atomic E-state index is 0.405. The Morgan fingerprint density at radius 2 is 1.82 bits per heavy atom. The van der Waals surface area contributed by atoms with Gasteiger partial charge < -0.3 is 0 Å². The molecule has 0 aromatic rings. The molecule has 5 rings (SSSR count). The predicted molar refractivity (Wildman–Crippen MR) is 143 cm³/mol. The average Bonchev–Trinajstić information content (AvgIpc) is 3.56. The minimum Gasteiger partial charge on any atom is -0.0955 e. The zero-order valence-corrected chi connectivity index (χ0v) is 20.8. The van der Waals surface area contributed by atoms with Gasteiger partial charge in [-0.2, -0.15) is 0 Å². The highest BCUT2D eigenvalue weighted by Gasteiger charge is 2.41. The molecule has 0 bridgehead atoms. The van der Waals surface area contributed by atoms with Crippen molar-refractivity contribution < 1.29 is 0 Å². The highest BCUT2D eigenvalue weighted by molar-refractivity contribution is 5.60. The van der Waals surface area contributed by atoms with E-state index in [0.717, 1.165) is 38.0 Å². The van der Waals surface area contributed by atoms with E-state index in [9.17, 15) is 0 Å². The summed E-state index contributed by atoms with van der Waals surface area (Å²) in [4.78, 5) is 0. The summed E-state index contributed by atoms with van der Waals surface area (Å²) in [6, 6.07) is 0. The van der Waals surface area contributed by atoms with E-state index in [1.807, 2.05) is 0 Å². The third-order valence-corrected chi connectivity index (χ3v) is 8.59. The van der Waals surface area contributed by atoms with Crippen LogP contribution in [0.5, 0.6) is 0 Å². The van der Waals surface area contributed by atoms with Gasteiger partial charge in [-0.1, -0.05) is 111 Å². The Labute approximate surface area is 201 Å². The van der Waals surface area contributed by atoms with Crippen LogP contribution in [-0.2, 0) is 0 Å². The van der Waals surface area contributed by atoms with Crippen molar-refractivity contribution >= 4 is 0 Å². The van der Waals surface area contributed by atoms with E-state index in [4.69, 9.17) is 6.58 Å². The van der Waals surface area contributed by atoms with Crippen LogP contribution >= 0.6 is 0 Å². The fourth-order valence-electron chi connectivity index (χ4n) is 7.01. The van der Waals surface area contributed by atoms with Gasteiger partial charge in [0.1, 0.15) is 0 Å². The summed E-state index contributed by atoms with van der Waals surface area (Å²) in [5.41, 5.74) is 13.3. The first kappa shape index (κ1) is 22.5. The molecule has 5 aliphatic carbocycles. The van der Waals surface area contributed by atoms with E-state index >= 15 is 0 Å². The smallest absolute Gasteiger partial charge is 0.0166 e. The third kappa shape index (κ3) is 4.30. The largest absolute Gasteiger partial charge is 0.0955 e. The van der Waals surface area contributed by atoms with Gasteiger partial charge in [-0.05, 0) is 79.2 Å². The molecule has 0 aromatic heterocycles. The van der Waals surface area contributed by atoms with Crippen LogP contribution in [0.25, 0.3) is 0 Å². The Kier molecular flexibility index (Phi) is 6.46. The van der Waals surface area contributed by atoms with Crippen molar-refractivity contribution in [1.82, 2.24) is 0 Å². The summed E-state index contributed by atoms with van der Waals surface area (Å²) >= 11 is 0. The lowest BCUT2D eigenvalue weighted by Crippen LogP contribution is -2.24. The molecule has 33 heavy (non-hydrogen) atoms.